The van der Waals surface area contributed by atoms with Crippen LogP contribution >= 0.6 is 31.9 Å². The van der Waals surface area contributed by atoms with Gasteiger partial charge < -0.3 is 4.74 Å². The minimum Gasteiger partial charge on any atom is -0.456 e. The number of rotatable bonds is 2. The predicted molar refractivity (Wildman–Crippen MR) is 118 cm³/mol. The number of hydrogen-bond acceptors (Lipinski definition) is 3. The molecule has 4 aliphatic rings. The standard InChI is InChI=1S/C23H31Br2F3O3/c1-12(29)15-4-5-16-14-11-22(24,25)18-10-13(31-19(30)23(26,27)28)6-8-21(18,3)17(14)7-9-20(15,16)2/h13-18H,4-11H2,1-3H3/t13?,14-,15+,16-,17-,18?,20+,21+/m0/s1. The van der Waals surface area contributed by atoms with E-state index in [1.54, 1.807) is 6.92 Å². The summed E-state index contributed by atoms with van der Waals surface area (Å²) in [5, 5.41) is 0. The van der Waals surface area contributed by atoms with Crippen molar-refractivity contribution in [2.24, 2.45) is 40.4 Å². The summed E-state index contributed by atoms with van der Waals surface area (Å²) in [6, 6.07) is 0. The summed E-state index contributed by atoms with van der Waals surface area (Å²) in [5.41, 5.74) is -0.00157. The van der Waals surface area contributed by atoms with E-state index in [1.165, 1.54) is 0 Å². The molecule has 0 heterocycles. The monoisotopic (exact) mass is 570 g/mol. The maximum atomic E-state index is 12.7. The molecule has 0 aromatic carbocycles. The molecule has 2 unspecified atom stereocenters. The number of carbonyl (C=O) groups is 2. The molecule has 0 aromatic rings. The second-order valence-electron chi connectivity index (χ2n) is 11.0. The predicted octanol–water partition coefficient (Wildman–Crippen LogP) is 6.80. The van der Waals surface area contributed by atoms with Crippen LogP contribution in [0.4, 0.5) is 13.2 Å². The molecule has 0 aromatic heterocycles. The SMILES string of the molecule is CC(=O)[C@H]1CC[C@H]2[C@@H]3CC(Br)(Br)C4CC(OC(=O)C(F)(F)F)CC[C@]4(C)[C@H]3CC[C@]12C. The van der Waals surface area contributed by atoms with Crippen molar-refractivity contribution in [1.29, 1.82) is 0 Å². The lowest BCUT2D eigenvalue weighted by Gasteiger charge is -2.64. The van der Waals surface area contributed by atoms with E-state index in [4.69, 9.17) is 4.74 Å². The Hall–Kier alpha value is -0.110. The lowest BCUT2D eigenvalue weighted by molar-refractivity contribution is -0.210. The van der Waals surface area contributed by atoms with Crippen LogP contribution in [0.3, 0.4) is 0 Å². The van der Waals surface area contributed by atoms with Crippen LogP contribution in [0.2, 0.25) is 0 Å². The Morgan fingerprint density at radius 1 is 0.968 bits per heavy atom. The van der Waals surface area contributed by atoms with Crippen LogP contribution in [0.15, 0.2) is 0 Å². The zero-order chi connectivity index (χ0) is 23.0. The molecule has 4 rings (SSSR count). The van der Waals surface area contributed by atoms with E-state index in [-0.39, 0.29) is 22.7 Å². The average molecular weight is 572 g/mol. The largest absolute Gasteiger partial charge is 0.490 e. The molecule has 0 bridgehead atoms. The Morgan fingerprint density at radius 2 is 1.58 bits per heavy atom. The van der Waals surface area contributed by atoms with Gasteiger partial charge in [0.25, 0.3) is 0 Å². The molecule has 0 radical (unpaired) electrons. The average Bonchev–Trinajstić information content (AvgIpc) is 2.99. The van der Waals surface area contributed by atoms with Gasteiger partial charge >= 0.3 is 12.1 Å². The third-order valence-corrected chi connectivity index (χ3v) is 11.4. The maximum Gasteiger partial charge on any atom is 0.490 e. The highest BCUT2D eigenvalue weighted by molar-refractivity contribution is 9.25. The summed E-state index contributed by atoms with van der Waals surface area (Å²) in [7, 11) is 0. The van der Waals surface area contributed by atoms with Gasteiger partial charge in [0.15, 0.2) is 0 Å². The molecule has 0 aliphatic heterocycles. The maximum absolute atomic E-state index is 12.7. The summed E-state index contributed by atoms with van der Waals surface area (Å²) < 4.78 is 42.6. The summed E-state index contributed by atoms with van der Waals surface area (Å²) in [4.78, 5) is 23.7. The first-order valence-electron chi connectivity index (χ1n) is 11.4. The van der Waals surface area contributed by atoms with Crippen LogP contribution in [-0.4, -0.2) is 27.3 Å². The molecule has 176 valence electrons. The molecule has 8 heteroatoms. The number of ether oxygens (including phenoxy) is 1. The highest BCUT2D eigenvalue weighted by Crippen LogP contribution is 2.71. The number of esters is 1. The van der Waals surface area contributed by atoms with Crippen LogP contribution in [0.25, 0.3) is 0 Å². The highest BCUT2D eigenvalue weighted by atomic mass is 79.9. The Morgan fingerprint density at radius 3 is 2.19 bits per heavy atom. The van der Waals surface area contributed by atoms with Crippen LogP contribution in [-0.2, 0) is 14.3 Å². The molecule has 3 nitrogen and oxygen atoms in total. The fourth-order valence-electron chi connectivity index (χ4n) is 8.24. The Balaban J connectivity index is 1.58. The smallest absolute Gasteiger partial charge is 0.456 e. The fourth-order valence-corrected chi connectivity index (χ4v) is 10.4. The molecule has 4 fully saturated rings. The number of ketones is 1. The molecule has 31 heavy (non-hydrogen) atoms. The van der Waals surface area contributed by atoms with E-state index in [0.717, 1.165) is 38.5 Å². The number of carbonyl (C=O) groups excluding carboxylic acids is 2. The lowest BCUT2D eigenvalue weighted by Crippen LogP contribution is -2.60. The summed E-state index contributed by atoms with van der Waals surface area (Å²) in [6.45, 7) is 6.32. The number of alkyl halides is 5. The topological polar surface area (TPSA) is 43.4 Å². The van der Waals surface area contributed by atoms with E-state index in [1.807, 2.05) is 0 Å². The summed E-state index contributed by atoms with van der Waals surface area (Å²) in [5.74, 6) is -0.134. The van der Waals surface area contributed by atoms with Crippen molar-refractivity contribution in [3.8, 4) is 0 Å². The molecule has 4 aliphatic carbocycles. The van der Waals surface area contributed by atoms with Crippen LogP contribution in [0, 0.1) is 40.4 Å². The van der Waals surface area contributed by atoms with Crippen molar-refractivity contribution >= 4 is 43.6 Å². The Labute approximate surface area is 198 Å². The van der Waals surface area contributed by atoms with Gasteiger partial charge in [-0.05, 0) is 92.8 Å². The minimum absolute atomic E-state index is 0.0473. The Bertz CT molecular complexity index is 770. The van der Waals surface area contributed by atoms with Crippen molar-refractivity contribution in [2.45, 2.75) is 87.7 Å². The van der Waals surface area contributed by atoms with Crippen molar-refractivity contribution in [1.82, 2.24) is 0 Å². The number of Topliss-reactive ketones (excluding diaryl/α,β-unsaturated/α-hetero) is 1. The molecular weight excluding hydrogens is 541 g/mol. The second-order valence-corrected chi connectivity index (χ2v) is 14.9. The van der Waals surface area contributed by atoms with E-state index < -0.39 is 21.5 Å². The lowest BCUT2D eigenvalue weighted by atomic mass is 9.44. The normalized spacial score (nSPS) is 46.5. The van der Waals surface area contributed by atoms with E-state index >= 15 is 0 Å². The van der Waals surface area contributed by atoms with Crippen molar-refractivity contribution in [2.75, 3.05) is 0 Å². The van der Waals surface area contributed by atoms with Gasteiger partial charge in [0.05, 0.1) is 3.23 Å². The zero-order valence-corrected chi connectivity index (χ0v) is 21.4. The molecule has 0 saturated heterocycles. The highest BCUT2D eigenvalue weighted by Gasteiger charge is 2.65. The van der Waals surface area contributed by atoms with Gasteiger partial charge in [-0.2, -0.15) is 13.2 Å². The molecule has 0 amide bonds. The van der Waals surface area contributed by atoms with Gasteiger partial charge in [0.2, 0.25) is 0 Å². The molecule has 0 spiro atoms. The van der Waals surface area contributed by atoms with Gasteiger partial charge in [-0.25, -0.2) is 4.79 Å². The van der Waals surface area contributed by atoms with E-state index in [9.17, 15) is 22.8 Å². The number of halogens is 5. The quantitative estimate of drug-likeness (QED) is 0.270. The molecule has 8 atom stereocenters. The van der Waals surface area contributed by atoms with Crippen molar-refractivity contribution in [3.05, 3.63) is 0 Å². The first-order chi connectivity index (χ1) is 14.2. The third-order valence-electron chi connectivity index (χ3n) is 9.60. The first kappa shape index (κ1) is 24.0. The summed E-state index contributed by atoms with van der Waals surface area (Å²) >= 11 is 7.82. The van der Waals surface area contributed by atoms with Gasteiger partial charge in [-0.3, -0.25) is 4.79 Å². The van der Waals surface area contributed by atoms with Crippen molar-refractivity contribution in [3.63, 3.8) is 0 Å². The first-order valence-corrected chi connectivity index (χ1v) is 12.9. The molecule has 0 N–H and O–H groups in total. The molecule has 4 saturated carbocycles. The van der Waals surface area contributed by atoms with Crippen LogP contribution < -0.4 is 0 Å². The van der Waals surface area contributed by atoms with Gasteiger partial charge in [0.1, 0.15) is 11.9 Å². The van der Waals surface area contributed by atoms with Crippen molar-refractivity contribution < 1.29 is 27.5 Å². The van der Waals surface area contributed by atoms with Gasteiger partial charge in [-0.15, -0.1) is 0 Å². The third kappa shape index (κ3) is 3.83. The van der Waals surface area contributed by atoms with E-state index in [0.29, 0.717) is 36.4 Å². The fraction of sp³-hybridized carbons (Fsp3) is 0.913. The number of hydrogen-bond donors (Lipinski definition) is 0. The van der Waals surface area contributed by atoms with Gasteiger partial charge in [0, 0.05) is 5.92 Å². The number of fused-ring (bicyclic) bond motifs is 5. The van der Waals surface area contributed by atoms with Crippen LogP contribution in [0.5, 0.6) is 0 Å². The van der Waals surface area contributed by atoms with Crippen LogP contribution in [0.1, 0.15) is 72.1 Å². The zero-order valence-electron chi connectivity index (χ0n) is 18.2. The minimum atomic E-state index is -4.96. The van der Waals surface area contributed by atoms with E-state index in [2.05, 4.69) is 45.7 Å². The van der Waals surface area contributed by atoms with Gasteiger partial charge in [-0.1, -0.05) is 45.7 Å². The molecular formula is C23H31Br2F3O3. The second kappa shape index (κ2) is 7.71. The summed E-state index contributed by atoms with van der Waals surface area (Å²) in [6.07, 6.45) is 0.977. The Kier molecular flexibility index (Phi) is 5.97.